The molecule has 1 aliphatic heterocycles. The van der Waals surface area contributed by atoms with E-state index in [1.165, 1.54) is 0 Å². The Labute approximate surface area is 361 Å². The van der Waals surface area contributed by atoms with Gasteiger partial charge in [0, 0.05) is 30.4 Å². The largest absolute Gasteiger partial charge is 0.493 e. The number of allylic oxidation sites excluding steroid dienone is 2. The smallest absolute Gasteiger partial charge is 0.165 e. The molecule has 0 radical (unpaired) electrons. The summed E-state index contributed by atoms with van der Waals surface area (Å²) in [7, 11) is 1.67. The molecule has 11 heteroatoms. The molecule has 1 aliphatic carbocycles. The van der Waals surface area contributed by atoms with E-state index in [0.717, 1.165) is 57.5 Å². The summed E-state index contributed by atoms with van der Waals surface area (Å²) in [6, 6.07) is 28.1. The number of methoxy groups -OCH3 is 1. The van der Waals surface area contributed by atoms with E-state index in [0.29, 0.717) is 54.6 Å². The van der Waals surface area contributed by atoms with E-state index < -0.39 is 11.7 Å². The van der Waals surface area contributed by atoms with Gasteiger partial charge in [0.25, 0.3) is 0 Å². The third-order valence-corrected chi connectivity index (χ3v) is 11.8. The Morgan fingerprint density at radius 3 is 2.20 bits per heavy atom. The number of aliphatic hydroxyl groups excluding tert-OH is 1. The van der Waals surface area contributed by atoms with Gasteiger partial charge in [-0.2, -0.15) is 5.11 Å². The molecule has 1 saturated carbocycles. The number of ether oxygens (including phenoxy) is 4. The fraction of sp³-hybridized carbons (Fsp3) is 0.360. The van der Waals surface area contributed by atoms with Crippen molar-refractivity contribution < 1.29 is 24.1 Å². The highest BCUT2D eigenvalue weighted by atomic mass is 16.5. The molecule has 4 aromatic rings. The number of hydrazine groups is 1. The molecular formula is C50H62N6O5. The van der Waals surface area contributed by atoms with Crippen LogP contribution in [-0.4, -0.2) is 42.1 Å². The molecule has 322 valence electrons. The van der Waals surface area contributed by atoms with E-state index in [4.69, 9.17) is 36.1 Å². The second-order valence-electron chi connectivity index (χ2n) is 17.1. The Bertz CT molecular complexity index is 2250. The Morgan fingerprint density at radius 1 is 0.934 bits per heavy atom. The van der Waals surface area contributed by atoms with Crippen LogP contribution in [0.25, 0.3) is 12.2 Å². The van der Waals surface area contributed by atoms with Gasteiger partial charge in [-0.05, 0) is 104 Å². The molecule has 0 aromatic heterocycles. The average Bonchev–Trinajstić information content (AvgIpc) is 3.24. The zero-order valence-corrected chi connectivity index (χ0v) is 36.4. The number of nitrogens with one attached hydrogen (secondary N) is 2. The van der Waals surface area contributed by atoms with Crippen LogP contribution >= 0.6 is 0 Å². The molecule has 0 spiro atoms. The maximum atomic E-state index is 11.0. The van der Waals surface area contributed by atoms with Crippen molar-refractivity contribution >= 4 is 12.2 Å². The van der Waals surface area contributed by atoms with Crippen LogP contribution in [0.1, 0.15) is 80.8 Å². The lowest BCUT2D eigenvalue weighted by Crippen LogP contribution is -2.58. The highest BCUT2D eigenvalue weighted by Gasteiger charge is 2.54. The van der Waals surface area contributed by atoms with Crippen molar-refractivity contribution in [2.24, 2.45) is 28.0 Å². The van der Waals surface area contributed by atoms with E-state index in [1.54, 1.807) is 24.5 Å². The third-order valence-electron chi connectivity index (χ3n) is 11.8. The van der Waals surface area contributed by atoms with Crippen LogP contribution in [-0.2, 0) is 25.9 Å². The summed E-state index contributed by atoms with van der Waals surface area (Å²) in [5.41, 5.74) is 21.5. The monoisotopic (exact) mass is 826 g/mol. The Hall–Kier alpha value is -6.04. The average molecular weight is 827 g/mol. The van der Waals surface area contributed by atoms with E-state index in [2.05, 4.69) is 57.2 Å². The Kier molecular flexibility index (Phi) is 14.6. The van der Waals surface area contributed by atoms with Crippen molar-refractivity contribution in [3.05, 3.63) is 154 Å². The summed E-state index contributed by atoms with van der Waals surface area (Å²) < 4.78 is 25.7. The van der Waals surface area contributed by atoms with Crippen molar-refractivity contribution in [1.82, 2.24) is 10.3 Å². The van der Waals surface area contributed by atoms with Gasteiger partial charge in [-0.15, -0.1) is 0 Å². The van der Waals surface area contributed by atoms with Crippen LogP contribution in [0.5, 0.6) is 23.0 Å². The molecule has 0 amide bonds. The lowest BCUT2D eigenvalue weighted by Gasteiger charge is -2.55. The molecule has 61 heavy (non-hydrogen) atoms. The summed E-state index contributed by atoms with van der Waals surface area (Å²) in [4.78, 5) is 0. The van der Waals surface area contributed by atoms with Crippen molar-refractivity contribution in [2.75, 3.05) is 20.3 Å². The quantitative estimate of drug-likeness (QED) is 0.0216. The molecule has 3 atom stereocenters. The van der Waals surface area contributed by atoms with E-state index in [-0.39, 0.29) is 24.5 Å². The van der Waals surface area contributed by atoms with Gasteiger partial charge >= 0.3 is 0 Å². The number of aliphatic hydroxyl groups is 1. The van der Waals surface area contributed by atoms with Crippen LogP contribution in [0.3, 0.4) is 0 Å². The minimum absolute atomic E-state index is 0.0521. The van der Waals surface area contributed by atoms with E-state index in [1.807, 2.05) is 91.0 Å². The molecular weight excluding hydrogens is 765 g/mol. The summed E-state index contributed by atoms with van der Waals surface area (Å²) in [6.07, 6.45) is 12.0. The van der Waals surface area contributed by atoms with Crippen molar-refractivity contribution in [1.29, 1.82) is 5.53 Å². The fourth-order valence-electron chi connectivity index (χ4n) is 8.33. The minimum Gasteiger partial charge on any atom is -0.493 e. The van der Waals surface area contributed by atoms with Crippen molar-refractivity contribution in [3.63, 3.8) is 0 Å². The lowest BCUT2D eigenvalue weighted by atomic mass is 9.57. The zero-order chi connectivity index (χ0) is 43.6. The molecule has 4 aromatic carbocycles. The predicted octanol–water partition coefficient (Wildman–Crippen LogP) is 9.46. The van der Waals surface area contributed by atoms with Crippen LogP contribution in [0.4, 0.5) is 0 Å². The first-order valence-electron chi connectivity index (χ1n) is 20.9. The number of rotatable bonds is 18. The van der Waals surface area contributed by atoms with Gasteiger partial charge in [0.1, 0.15) is 36.0 Å². The molecule has 0 bridgehead atoms. The van der Waals surface area contributed by atoms with Gasteiger partial charge < -0.3 is 40.1 Å². The molecule has 7 N–H and O–H groups in total. The minimum atomic E-state index is -0.399. The number of nitrogens with two attached hydrogens (primary N) is 2. The molecule has 1 fully saturated rings. The molecule has 11 nitrogen and oxygen atoms in total. The van der Waals surface area contributed by atoms with Gasteiger partial charge in [0.05, 0.1) is 25.5 Å². The van der Waals surface area contributed by atoms with Crippen LogP contribution in [0.2, 0.25) is 0 Å². The van der Waals surface area contributed by atoms with Crippen molar-refractivity contribution in [3.8, 4) is 23.0 Å². The molecule has 0 saturated heterocycles. The maximum absolute atomic E-state index is 11.0. The second kappa shape index (κ2) is 20.0. The summed E-state index contributed by atoms with van der Waals surface area (Å²) in [6.45, 7) is 11.8. The second-order valence-corrected chi connectivity index (χ2v) is 17.1. The van der Waals surface area contributed by atoms with Crippen LogP contribution in [0.15, 0.2) is 125 Å². The summed E-state index contributed by atoms with van der Waals surface area (Å²) in [5, 5.41) is 19.6. The van der Waals surface area contributed by atoms with E-state index >= 15 is 0 Å². The topological polar surface area (TPSA) is 161 Å². The number of hydrogen-bond acceptors (Lipinski definition) is 11. The molecule has 0 unspecified atom stereocenters. The standard InChI is InChI=1S/C50H62N6O5/c1-34(2)17-20-42-43(59-32-40(51)31-56(53)30-36-15-11-8-12-16-36)24-38(25-44(42)60-33-41(55-52)29-54-28-35-13-9-7-10-14-35)19-18-37-23-39-27-46-49(3,4)47(57)21-22-50(46,5)61-48(39)45(26-37)58-6/h7-19,23-26,29,31,46-47,52,54,57H,20-22,27-28,30,32-33,51,53H2,1-6H3/b19-18+,40-31-,41-29-,55-52?/t46-,47-,50-/m1/s1. The maximum Gasteiger partial charge on any atom is 0.165 e. The Morgan fingerprint density at radius 2 is 1.56 bits per heavy atom. The number of nitrogens with zero attached hydrogens (tertiary/aromatic N) is 2. The SMILES string of the molecule is COc1cc(/C=C/c2cc(OC/C(N)=C/N(N)Cc3ccccc3)c(CC=C(C)C)c(OC/C(=C/NCc3ccccc3)N=N)c2)cc2c1O[C@]1(C)CC[C@@H](O)C(C)(C)[C@H]1C2. The third kappa shape index (κ3) is 11.4. The predicted molar refractivity (Wildman–Crippen MR) is 243 cm³/mol. The zero-order valence-electron chi connectivity index (χ0n) is 36.4. The molecule has 1 heterocycles. The Balaban J connectivity index is 1.32. The van der Waals surface area contributed by atoms with Gasteiger partial charge in [0.2, 0.25) is 0 Å². The normalized spacial score (nSPS) is 19.5. The first kappa shape index (κ1) is 44.5. The summed E-state index contributed by atoms with van der Waals surface area (Å²) in [5.74, 6) is 9.08. The number of fused-ring (bicyclic) bond motifs is 2. The van der Waals surface area contributed by atoms with E-state index in [9.17, 15) is 5.11 Å². The van der Waals surface area contributed by atoms with Gasteiger partial charge in [-0.3, -0.25) is 0 Å². The lowest BCUT2D eigenvalue weighted by molar-refractivity contribution is -0.138. The number of hydrogen-bond donors (Lipinski definition) is 5. The summed E-state index contributed by atoms with van der Waals surface area (Å²) >= 11 is 0. The van der Waals surface area contributed by atoms with Gasteiger partial charge in [-0.25, -0.2) is 11.4 Å². The fourth-order valence-corrected chi connectivity index (χ4v) is 8.33. The number of benzene rings is 4. The van der Waals surface area contributed by atoms with Crippen molar-refractivity contribution in [2.45, 2.75) is 85.1 Å². The molecule has 2 aliphatic rings. The van der Waals surface area contributed by atoms with Crippen LogP contribution < -0.4 is 35.8 Å². The highest BCUT2D eigenvalue weighted by molar-refractivity contribution is 5.74. The van der Waals surface area contributed by atoms with Gasteiger partial charge in [0.15, 0.2) is 11.5 Å². The first-order valence-corrected chi connectivity index (χ1v) is 20.9. The molecule has 6 rings (SSSR count). The first-order chi connectivity index (χ1) is 29.3. The van der Waals surface area contributed by atoms with Crippen LogP contribution in [0, 0.1) is 16.9 Å². The van der Waals surface area contributed by atoms with Gasteiger partial charge in [-0.1, -0.05) is 98.3 Å². The highest BCUT2D eigenvalue weighted by Crippen LogP contribution is 2.55.